The molecular formula is C19H29N5O4. The van der Waals surface area contributed by atoms with Crippen LogP contribution in [-0.2, 0) is 11.8 Å². The number of aliphatic hydroxyl groups excluding tert-OH is 1. The Morgan fingerprint density at radius 2 is 1.96 bits per heavy atom. The van der Waals surface area contributed by atoms with Crippen LogP contribution < -0.4 is 0 Å². The van der Waals surface area contributed by atoms with E-state index in [1.807, 2.05) is 13.8 Å². The zero-order valence-electron chi connectivity index (χ0n) is 16.8. The van der Waals surface area contributed by atoms with Gasteiger partial charge in [-0.15, -0.1) is 0 Å². The quantitative estimate of drug-likeness (QED) is 0.720. The summed E-state index contributed by atoms with van der Waals surface area (Å²) in [6, 6.07) is 1.40. The van der Waals surface area contributed by atoms with E-state index < -0.39 is 5.54 Å². The summed E-state index contributed by atoms with van der Waals surface area (Å²) in [5.74, 6) is -0.129. The molecule has 0 atom stereocenters. The first-order chi connectivity index (χ1) is 13.3. The van der Waals surface area contributed by atoms with Gasteiger partial charge in [-0.2, -0.15) is 5.10 Å². The maximum Gasteiger partial charge on any atom is 0.327 e. The summed E-state index contributed by atoms with van der Waals surface area (Å²) in [5, 5.41) is 13.3. The highest BCUT2D eigenvalue weighted by Gasteiger charge is 2.58. The Morgan fingerprint density at radius 3 is 2.50 bits per heavy atom. The Kier molecular flexibility index (Phi) is 5.74. The average Bonchev–Trinajstić information content (AvgIpc) is 3.17. The van der Waals surface area contributed by atoms with Gasteiger partial charge < -0.3 is 14.9 Å². The van der Waals surface area contributed by atoms with Crippen molar-refractivity contribution < 1.29 is 19.5 Å². The molecular weight excluding hydrogens is 362 g/mol. The van der Waals surface area contributed by atoms with E-state index in [4.69, 9.17) is 5.11 Å². The molecule has 9 heteroatoms. The summed E-state index contributed by atoms with van der Waals surface area (Å²) in [5.41, 5.74) is -0.506. The van der Waals surface area contributed by atoms with E-state index in [-0.39, 0.29) is 36.9 Å². The van der Waals surface area contributed by atoms with Gasteiger partial charge in [0.1, 0.15) is 11.2 Å². The molecule has 0 aliphatic carbocycles. The van der Waals surface area contributed by atoms with Gasteiger partial charge in [0.15, 0.2) is 0 Å². The predicted octanol–water partition coefficient (Wildman–Crippen LogP) is 0.698. The van der Waals surface area contributed by atoms with E-state index in [1.165, 1.54) is 4.90 Å². The van der Waals surface area contributed by atoms with Crippen molar-refractivity contribution in [3.8, 4) is 0 Å². The molecule has 3 heterocycles. The SMILES string of the molecule is CC(C)CN1C(=O)N(CCCO)C(=O)C12CCN(C(=O)c1ccn(C)n1)CC2. The topological polar surface area (TPSA) is 99.0 Å². The van der Waals surface area contributed by atoms with Crippen molar-refractivity contribution in [2.45, 2.75) is 38.6 Å². The van der Waals surface area contributed by atoms with Crippen molar-refractivity contribution in [3.63, 3.8) is 0 Å². The maximum absolute atomic E-state index is 13.2. The first kappa shape index (κ1) is 20.3. The van der Waals surface area contributed by atoms with Gasteiger partial charge in [-0.25, -0.2) is 4.79 Å². The summed E-state index contributed by atoms with van der Waals surface area (Å²) >= 11 is 0. The van der Waals surface area contributed by atoms with Crippen molar-refractivity contribution in [2.24, 2.45) is 13.0 Å². The Hall–Kier alpha value is -2.42. The summed E-state index contributed by atoms with van der Waals surface area (Å²) in [6.45, 7) is 5.48. The summed E-state index contributed by atoms with van der Waals surface area (Å²) < 4.78 is 1.58. The minimum absolute atomic E-state index is 0.0689. The number of likely N-dealkylation sites (tertiary alicyclic amines) is 1. The van der Waals surface area contributed by atoms with Gasteiger partial charge >= 0.3 is 6.03 Å². The Bertz CT molecular complexity index is 751. The number of piperidine rings is 1. The fraction of sp³-hybridized carbons (Fsp3) is 0.684. The number of hydrogen-bond acceptors (Lipinski definition) is 5. The fourth-order valence-corrected chi connectivity index (χ4v) is 4.08. The van der Waals surface area contributed by atoms with Crippen LogP contribution in [0.3, 0.4) is 0 Å². The second-order valence-corrected chi connectivity index (χ2v) is 8.02. The van der Waals surface area contributed by atoms with Crippen LogP contribution in [-0.4, -0.2) is 85.8 Å². The zero-order chi connectivity index (χ0) is 20.5. The number of amides is 4. The third-order valence-electron chi connectivity index (χ3n) is 5.52. The van der Waals surface area contributed by atoms with Crippen molar-refractivity contribution in [1.29, 1.82) is 0 Å². The van der Waals surface area contributed by atoms with Gasteiger partial charge in [0, 0.05) is 46.0 Å². The molecule has 2 fully saturated rings. The second kappa shape index (κ2) is 7.90. The third-order valence-corrected chi connectivity index (χ3v) is 5.52. The van der Waals surface area contributed by atoms with E-state index in [9.17, 15) is 14.4 Å². The number of aromatic nitrogens is 2. The lowest BCUT2D eigenvalue weighted by Crippen LogP contribution is -2.58. The lowest BCUT2D eigenvalue weighted by Gasteiger charge is -2.42. The van der Waals surface area contributed by atoms with Crippen LogP contribution in [0.25, 0.3) is 0 Å². The van der Waals surface area contributed by atoms with E-state index in [0.717, 1.165) is 0 Å². The minimum atomic E-state index is -0.891. The number of carbonyl (C=O) groups is 3. The molecule has 1 aromatic heterocycles. The normalized spacial score (nSPS) is 19.4. The number of carbonyl (C=O) groups excluding carboxylic acids is 3. The lowest BCUT2D eigenvalue weighted by atomic mass is 9.85. The van der Waals surface area contributed by atoms with Crippen LogP contribution in [0.4, 0.5) is 4.79 Å². The molecule has 0 unspecified atom stereocenters. The average molecular weight is 391 g/mol. The summed E-state index contributed by atoms with van der Waals surface area (Å²) in [4.78, 5) is 43.5. The predicted molar refractivity (Wildman–Crippen MR) is 101 cm³/mol. The molecule has 1 aromatic rings. The molecule has 9 nitrogen and oxygen atoms in total. The fourth-order valence-electron chi connectivity index (χ4n) is 4.08. The number of rotatable bonds is 6. The molecule has 1 spiro atoms. The zero-order valence-corrected chi connectivity index (χ0v) is 16.8. The monoisotopic (exact) mass is 391 g/mol. The Morgan fingerprint density at radius 1 is 1.29 bits per heavy atom. The number of aliphatic hydroxyl groups is 1. The summed E-state index contributed by atoms with van der Waals surface area (Å²) in [7, 11) is 1.76. The number of aryl methyl sites for hydroxylation is 1. The van der Waals surface area contributed by atoms with Crippen LogP contribution in [0.1, 0.15) is 43.6 Å². The van der Waals surface area contributed by atoms with E-state index in [2.05, 4.69) is 5.10 Å². The van der Waals surface area contributed by atoms with Crippen molar-refractivity contribution in [1.82, 2.24) is 24.5 Å². The van der Waals surface area contributed by atoms with Crippen LogP contribution in [0.2, 0.25) is 0 Å². The highest BCUT2D eigenvalue weighted by molar-refractivity contribution is 6.07. The van der Waals surface area contributed by atoms with Gasteiger partial charge in [0.25, 0.3) is 11.8 Å². The van der Waals surface area contributed by atoms with Crippen LogP contribution in [0.5, 0.6) is 0 Å². The molecule has 28 heavy (non-hydrogen) atoms. The van der Waals surface area contributed by atoms with Crippen LogP contribution >= 0.6 is 0 Å². The molecule has 0 aromatic carbocycles. The maximum atomic E-state index is 13.2. The van der Waals surface area contributed by atoms with E-state index >= 15 is 0 Å². The molecule has 4 amide bonds. The second-order valence-electron chi connectivity index (χ2n) is 8.02. The van der Waals surface area contributed by atoms with Crippen molar-refractivity contribution >= 4 is 17.8 Å². The molecule has 0 radical (unpaired) electrons. The molecule has 2 aliphatic heterocycles. The smallest absolute Gasteiger partial charge is 0.327 e. The third kappa shape index (κ3) is 3.50. The van der Waals surface area contributed by atoms with E-state index in [1.54, 1.807) is 33.8 Å². The van der Waals surface area contributed by atoms with Gasteiger partial charge in [0.05, 0.1) is 0 Å². The minimum Gasteiger partial charge on any atom is -0.396 e. The van der Waals surface area contributed by atoms with Crippen molar-refractivity contribution in [2.75, 3.05) is 32.8 Å². The summed E-state index contributed by atoms with van der Waals surface area (Å²) in [6.07, 6.45) is 2.92. The van der Waals surface area contributed by atoms with Gasteiger partial charge in [-0.3, -0.25) is 19.2 Å². The van der Waals surface area contributed by atoms with E-state index in [0.29, 0.717) is 44.6 Å². The lowest BCUT2D eigenvalue weighted by molar-refractivity contribution is -0.135. The highest BCUT2D eigenvalue weighted by atomic mass is 16.3. The van der Waals surface area contributed by atoms with Crippen LogP contribution in [0, 0.1) is 5.92 Å². The standard InChI is InChI=1S/C19H29N5O4/c1-14(2)13-24-18(28)23(8-4-12-25)17(27)19(24)6-10-22(11-7-19)16(26)15-5-9-21(3)20-15/h5,9,14,25H,4,6-8,10-13H2,1-3H3. The van der Waals surface area contributed by atoms with Gasteiger partial charge in [-0.05, 0) is 31.2 Å². The van der Waals surface area contributed by atoms with Crippen LogP contribution in [0.15, 0.2) is 12.3 Å². The molecule has 0 bridgehead atoms. The largest absolute Gasteiger partial charge is 0.396 e. The molecule has 2 saturated heterocycles. The van der Waals surface area contributed by atoms with Gasteiger partial charge in [-0.1, -0.05) is 13.8 Å². The number of imide groups is 1. The van der Waals surface area contributed by atoms with Crippen molar-refractivity contribution in [3.05, 3.63) is 18.0 Å². The Labute approximate surface area is 164 Å². The molecule has 1 N–H and O–H groups in total. The first-order valence-electron chi connectivity index (χ1n) is 9.83. The molecule has 154 valence electrons. The Balaban J connectivity index is 1.78. The molecule has 0 saturated carbocycles. The molecule has 3 rings (SSSR count). The molecule has 2 aliphatic rings. The number of nitrogens with zero attached hydrogens (tertiary/aromatic N) is 5. The number of urea groups is 1. The first-order valence-corrected chi connectivity index (χ1v) is 9.83. The highest BCUT2D eigenvalue weighted by Crippen LogP contribution is 2.38. The number of hydrogen-bond donors (Lipinski definition) is 1. The van der Waals surface area contributed by atoms with Gasteiger partial charge in [0.2, 0.25) is 0 Å².